The van der Waals surface area contributed by atoms with Crippen LogP contribution in [0.4, 0.5) is 0 Å². The van der Waals surface area contributed by atoms with E-state index in [2.05, 4.69) is 38.9 Å². The van der Waals surface area contributed by atoms with Crippen LogP contribution in [0.3, 0.4) is 0 Å². The zero-order chi connectivity index (χ0) is 12.5. The molecule has 0 aromatic carbocycles. The Morgan fingerprint density at radius 1 is 1.44 bits per heavy atom. The molecule has 4 nitrogen and oxygen atoms in total. The van der Waals surface area contributed by atoms with Gasteiger partial charge in [-0.1, -0.05) is 0 Å². The van der Waals surface area contributed by atoms with E-state index in [4.69, 9.17) is 0 Å². The molecule has 1 aliphatic rings. The van der Waals surface area contributed by atoms with E-state index in [0.717, 1.165) is 12.4 Å². The molecule has 2 aromatic rings. The minimum atomic E-state index is 0.524. The summed E-state index contributed by atoms with van der Waals surface area (Å²) >= 11 is 0. The minimum Gasteiger partial charge on any atom is -0.346 e. The van der Waals surface area contributed by atoms with Crippen LogP contribution in [-0.4, -0.2) is 21.2 Å². The van der Waals surface area contributed by atoms with Gasteiger partial charge in [-0.25, -0.2) is 4.98 Å². The molecular formula is C14H20N4. The number of hydrogen-bond donors (Lipinski definition) is 1. The molecular weight excluding hydrogens is 224 g/mol. The highest BCUT2D eigenvalue weighted by Gasteiger charge is 2.20. The van der Waals surface area contributed by atoms with Gasteiger partial charge in [0.15, 0.2) is 0 Å². The van der Waals surface area contributed by atoms with Crippen LogP contribution in [-0.2, 0) is 20.0 Å². The van der Waals surface area contributed by atoms with Gasteiger partial charge in [-0.15, -0.1) is 0 Å². The van der Waals surface area contributed by atoms with Crippen molar-refractivity contribution < 1.29 is 0 Å². The second-order valence-corrected chi connectivity index (χ2v) is 5.10. The van der Waals surface area contributed by atoms with Gasteiger partial charge in [0.05, 0.1) is 6.54 Å². The Morgan fingerprint density at radius 2 is 2.33 bits per heavy atom. The van der Waals surface area contributed by atoms with Crippen molar-refractivity contribution in [3.63, 3.8) is 0 Å². The van der Waals surface area contributed by atoms with Crippen molar-refractivity contribution in [3.05, 3.63) is 41.7 Å². The van der Waals surface area contributed by atoms with Crippen LogP contribution in [0.1, 0.15) is 35.8 Å². The smallest absolute Gasteiger partial charge is 0.128 e. The van der Waals surface area contributed by atoms with E-state index in [1.807, 2.05) is 19.4 Å². The monoisotopic (exact) mass is 244 g/mol. The summed E-state index contributed by atoms with van der Waals surface area (Å²) in [5.74, 6) is 1.10. The van der Waals surface area contributed by atoms with Crippen LogP contribution in [0.15, 0.2) is 24.8 Å². The van der Waals surface area contributed by atoms with E-state index in [1.165, 1.54) is 30.4 Å². The lowest BCUT2D eigenvalue weighted by Gasteiger charge is -2.21. The SMILES string of the molecule is CNC1CCCc2cn(Cc3nccn3C)cc21. The molecule has 0 radical (unpaired) electrons. The van der Waals surface area contributed by atoms with Crippen molar-refractivity contribution in [1.82, 2.24) is 19.4 Å². The lowest BCUT2D eigenvalue weighted by Crippen LogP contribution is -2.20. The van der Waals surface area contributed by atoms with Crippen LogP contribution in [0.5, 0.6) is 0 Å². The van der Waals surface area contributed by atoms with Crippen molar-refractivity contribution in [2.75, 3.05) is 7.05 Å². The molecule has 0 aliphatic heterocycles. The predicted molar refractivity (Wildman–Crippen MR) is 71.5 cm³/mol. The van der Waals surface area contributed by atoms with Crippen LogP contribution < -0.4 is 5.32 Å². The highest BCUT2D eigenvalue weighted by Crippen LogP contribution is 2.30. The summed E-state index contributed by atoms with van der Waals surface area (Å²) < 4.78 is 4.34. The van der Waals surface area contributed by atoms with Gasteiger partial charge in [-0.2, -0.15) is 0 Å². The lowest BCUT2D eigenvalue weighted by atomic mass is 9.91. The Labute approximate surface area is 108 Å². The maximum atomic E-state index is 4.38. The molecule has 0 saturated heterocycles. The fourth-order valence-electron chi connectivity index (χ4n) is 2.85. The molecule has 2 aromatic heterocycles. The quantitative estimate of drug-likeness (QED) is 0.894. The molecule has 0 amide bonds. The highest BCUT2D eigenvalue weighted by atomic mass is 15.1. The van der Waals surface area contributed by atoms with Crippen LogP contribution in [0, 0.1) is 0 Å². The summed E-state index contributed by atoms with van der Waals surface area (Å²) in [7, 11) is 4.10. The van der Waals surface area contributed by atoms with Crippen molar-refractivity contribution in [2.24, 2.45) is 7.05 Å². The number of imidazole rings is 1. The third kappa shape index (κ3) is 1.97. The van der Waals surface area contributed by atoms with Gasteiger partial charge < -0.3 is 14.5 Å². The van der Waals surface area contributed by atoms with Crippen LogP contribution >= 0.6 is 0 Å². The Balaban J connectivity index is 1.86. The zero-order valence-corrected chi connectivity index (χ0v) is 11.1. The first-order chi connectivity index (χ1) is 8.78. The summed E-state index contributed by atoms with van der Waals surface area (Å²) in [6.07, 6.45) is 12.2. The van der Waals surface area contributed by atoms with E-state index >= 15 is 0 Å². The maximum absolute atomic E-state index is 4.38. The number of aryl methyl sites for hydroxylation is 2. The van der Waals surface area contributed by atoms with Gasteiger partial charge in [-0.3, -0.25) is 0 Å². The Kier molecular flexibility index (Phi) is 2.96. The Bertz CT molecular complexity index is 538. The van der Waals surface area contributed by atoms with Gasteiger partial charge in [-0.05, 0) is 37.4 Å². The van der Waals surface area contributed by atoms with Gasteiger partial charge in [0, 0.05) is 37.9 Å². The molecule has 1 unspecified atom stereocenters. The normalized spacial score (nSPS) is 18.9. The molecule has 1 aliphatic carbocycles. The second kappa shape index (κ2) is 4.61. The van der Waals surface area contributed by atoms with Crippen molar-refractivity contribution in [2.45, 2.75) is 31.8 Å². The number of hydrogen-bond acceptors (Lipinski definition) is 2. The Hall–Kier alpha value is -1.55. The fourth-order valence-corrected chi connectivity index (χ4v) is 2.85. The van der Waals surface area contributed by atoms with Gasteiger partial charge in [0.25, 0.3) is 0 Å². The second-order valence-electron chi connectivity index (χ2n) is 5.10. The van der Waals surface area contributed by atoms with Crippen molar-refractivity contribution >= 4 is 0 Å². The standard InChI is InChI=1S/C14H20N4/c1-15-13-5-3-4-11-8-18(9-12(11)13)10-14-16-6-7-17(14)2/h6-9,13,15H,3-5,10H2,1-2H3. The molecule has 1 atom stereocenters. The Morgan fingerprint density at radius 3 is 3.06 bits per heavy atom. The highest BCUT2D eigenvalue weighted by molar-refractivity contribution is 5.30. The molecule has 2 heterocycles. The van der Waals surface area contributed by atoms with Gasteiger partial charge in [0.2, 0.25) is 0 Å². The molecule has 3 rings (SSSR count). The summed E-state index contributed by atoms with van der Waals surface area (Å²) in [6, 6.07) is 0.524. The van der Waals surface area contributed by atoms with E-state index < -0.39 is 0 Å². The summed E-state index contributed by atoms with van der Waals surface area (Å²) in [6.45, 7) is 0.854. The summed E-state index contributed by atoms with van der Waals surface area (Å²) in [4.78, 5) is 4.38. The summed E-state index contributed by atoms with van der Waals surface area (Å²) in [5.41, 5.74) is 2.97. The molecule has 0 bridgehead atoms. The van der Waals surface area contributed by atoms with Crippen molar-refractivity contribution in [3.8, 4) is 0 Å². The minimum absolute atomic E-state index is 0.524. The van der Waals surface area contributed by atoms with Gasteiger partial charge in [0.1, 0.15) is 5.82 Å². The van der Waals surface area contributed by atoms with E-state index in [-0.39, 0.29) is 0 Å². The predicted octanol–water partition coefficient (Wildman–Crippen LogP) is 1.87. The number of nitrogens with one attached hydrogen (secondary N) is 1. The average Bonchev–Trinajstić information content (AvgIpc) is 2.95. The first-order valence-corrected chi connectivity index (χ1v) is 6.60. The summed E-state index contributed by atoms with van der Waals surface area (Å²) in [5, 5.41) is 3.41. The van der Waals surface area contributed by atoms with Gasteiger partial charge >= 0.3 is 0 Å². The third-order valence-corrected chi connectivity index (χ3v) is 3.91. The number of rotatable bonds is 3. The molecule has 0 fully saturated rings. The largest absolute Gasteiger partial charge is 0.346 e. The van der Waals surface area contributed by atoms with E-state index in [0.29, 0.717) is 6.04 Å². The topological polar surface area (TPSA) is 34.8 Å². The number of fused-ring (bicyclic) bond motifs is 1. The first kappa shape index (κ1) is 11.5. The van der Waals surface area contributed by atoms with E-state index in [9.17, 15) is 0 Å². The fraction of sp³-hybridized carbons (Fsp3) is 0.500. The molecule has 4 heteroatoms. The van der Waals surface area contributed by atoms with Crippen molar-refractivity contribution in [1.29, 1.82) is 0 Å². The molecule has 96 valence electrons. The molecule has 1 N–H and O–H groups in total. The number of nitrogens with zero attached hydrogens (tertiary/aromatic N) is 3. The molecule has 0 saturated carbocycles. The number of aromatic nitrogens is 3. The van der Waals surface area contributed by atoms with E-state index in [1.54, 1.807) is 0 Å². The lowest BCUT2D eigenvalue weighted by molar-refractivity contribution is 0.498. The van der Waals surface area contributed by atoms with Crippen LogP contribution in [0.2, 0.25) is 0 Å². The maximum Gasteiger partial charge on any atom is 0.128 e. The zero-order valence-electron chi connectivity index (χ0n) is 11.1. The molecule has 0 spiro atoms. The first-order valence-electron chi connectivity index (χ1n) is 6.60. The third-order valence-electron chi connectivity index (χ3n) is 3.91. The molecule has 18 heavy (non-hydrogen) atoms. The van der Waals surface area contributed by atoms with Crippen LogP contribution in [0.25, 0.3) is 0 Å². The average molecular weight is 244 g/mol.